The molecule has 117 valence electrons. The van der Waals surface area contributed by atoms with E-state index in [0.29, 0.717) is 0 Å². The monoisotopic (exact) mass is 534 g/mol. The zero-order chi connectivity index (χ0) is 15.0. The van der Waals surface area contributed by atoms with Gasteiger partial charge in [0.2, 0.25) is 5.65 Å². The van der Waals surface area contributed by atoms with Crippen LogP contribution in [0.15, 0.2) is 29.8 Å². The fourth-order valence-corrected chi connectivity index (χ4v) is 4.00. The van der Waals surface area contributed by atoms with Gasteiger partial charge in [-0.15, -0.1) is 12.1 Å². The van der Waals surface area contributed by atoms with Gasteiger partial charge in [0, 0.05) is 17.3 Å². The summed E-state index contributed by atoms with van der Waals surface area (Å²) in [6, 6.07) is 8.54. The number of rotatable bonds is 0. The number of fused-ring (bicyclic) bond motifs is 6. The number of aromatic nitrogens is 3. The Morgan fingerprint density at radius 3 is 2.83 bits per heavy atom. The molecule has 2 aliphatic rings. The number of nitrogens with zero attached hydrogens (tertiary/aromatic N) is 3. The van der Waals surface area contributed by atoms with E-state index < -0.39 is 0 Å². The molecule has 2 aromatic heterocycles. The molecule has 0 N–H and O–H groups in total. The standard InChI is InChI=1S/C19H17N3.Bk/c1-11-6-7-13-9-14-10-16-20-15-5-4-8-21(3)19(15)22(16)18(14)17(13)12(11)2;/h4-7H,9-10H2,1-3H3;. The summed E-state index contributed by atoms with van der Waals surface area (Å²) in [4.78, 5) is 4.84. The van der Waals surface area contributed by atoms with E-state index in [9.17, 15) is 0 Å². The smallest absolute Gasteiger partial charge is 0.205 e. The molecule has 0 unspecified atom stereocenters. The van der Waals surface area contributed by atoms with Crippen LogP contribution >= 0.6 is 0 Å². The van der Waals surface area contributed by atoms with Gasteiger partial charge >= 0.3 is 0 Å². The molecule has 0 spiro atoms. The minimum atomic E-state index is 0. The van der Waals surface area contributed by atoms with E-state index in [1.807, 2.05) is 6.07 Å². The summed E-state index contributed by atoms with van der Waals surface area (Å²) in [6.45, 7) is 4.44. The van der Waals surface area contributed by atoms with Gasteiger partial charge in [-0.25, -0.2) is 9.55 Å². The number of aryl methyl sites for hydroxylation is 2. The number of allylic oxidation sites excluding steroid dienone is 1. The Balaban J connectivity index is 0.00000135. The summed E-state index contributed by atoms with van der Waals surface area (Å²) in [5, 5.41) is 0. The second-order valence-corrected chi connectivity index (χ2v) is 6.44. The van der Waals surface area contributed by atoms with Crippen molar-refractivity contribution in [3.8, 4) is 0 Å². The molecule has 0 bridgehead atoms. The molecule has 0 saturated heterocycles. The maximum Gasteiger partial charge on any atom is 0.205 e. The third-order valence-electron chi connectivity index (χ3n) is 5.17. The average molecular weight is 534 g/mol. The maximum atomic E-state index is 4.84. The number of benzene rings is 1. The summed E-state index contributed by atoms with van der Waals surface area (Å²) in [5.41, 5.74) is 10.7. The van der Waals surface area contributed by atoms with Crippen LogP contribution in [-0.2, 0) is 19.9 Å². The van der Waals surface area contributed by atoms with E-state index >= 15 is 0 Å². The van der Waals surface area contributed by atoms with Gasteiger partial charge in [-0.1, -0.05) is 12.1 Å². The summed E-state index contributed by atoms with van der Waals surface area (Å²) >= 11 is 0. The molecule has 1 aliphatic heterocycles. The van der Waals surface area contributed by atoms with Gasteiger partial charge in [-0.2, -0.15) is 0 Å². The SMILES string of the molecule is Cc1ccc2c(c1C)C1=C(C2)Cc2nc3cc[c-][n+](C)c3n21.[Bk]. The fourth-order valence-electron chi connectivity index (χ4n) is 4.00. The molecule has 0 fully saturated rings. The van der Waals surface area contributed by atoms with Gasteiger partial charge in [-0.05, 0) is 42.5 Å². The van der Waals surface area contributed by atoms with Crippen LogP contribution in [0.3, 0.4) is 0 Å². The Hall–Kier alpha value is -3.42. The van der Waals surface area contributed by atoms with E-state index in [-0.39, 0.29) is 0 Å². The van der Waals surface area contributed by atoms with E-state index in [0.717, 1.165) is 24.0 Å². The van der Waals surface area contributed by atoms with Gasteiger partial charge in [0.05, 0.1) is 13.5 Å². The molecule has 0 atom stereocenters. The van der Waals surface area contributed by atoms with E-state index in [4.69, 9.17) is 4.98 Å². The van der Waals surface area contributed by atoms with Gasteiger partial charge in [-0.3, -0.25) is 0 Å². The normalized spacial score (nSPS) is 14.7. The van der Waals surface area contributed by atoms with Crippen molar-refractivity contribution in [2.75, 3.05) is 0 Å². The molecule has 1 radical (unpaired) electrons. The van der Waals surface area contributed by atoms with E-state index in [2.05, 4.69) is 54.4 Å². The molecule has 1 aromatic carbocycles. The molecule has 5 rings (SSSR count). The first-order valence-electron chi connectivity index (χ1n) is 7.75. The first kappa shape index (κ1) is 13.3. The predicted octanol–water partition coefficient (Wildman–Crippen LogP) is 2.65. The Morgan fingerprint density at radius 1 is 1.17 bits per heavy atom. The minimum Gasteiger partial charge on any atom is -0.342 e. The molecule has 0 amide bonds. The molecule has 4 heteroatoms. The van der Waals surface area contributed by atoms with Crippen molar-refractivity contribution < 1.29 is 4.57 Å². The largest absolute Gasteiger partial charge is 0.342 e. The number of imidazole rings is 1. The topological polar surface area (TPSA) is 21.7 Å². The van der Waals surface area contributed by atoms with Crippen molar-refractivity contribution in [1.82, 2.24) is 9.55 Å². The summed E-state index contributed by atoms with van der Waals surface area (Å²) < 4.78 is 4.42. The quantitative estimate of drug-likeness (QED) is 0.321. The molecular formula is C19H17BkN3. The Kier molecular flexibility index (Phi) is 2.34. The van der Waals surface area contributed by atoms with Crippen molar-refractivity contribution in [2.24, 2.45) is 7.05 Å². The Bertz CT molecular complexity index is 1010. The molecule has 3 nitrogen and oxygen atoms in total. The molecule has 1 aliphatic carbocycles. The van der Waals surface area contributed by atoms with Crippen LogP contribution in [-0.4, -0.2) is 9.55 Å². The van der Waals surface area contributed by atoms with Crippen molar-refractivity contribution in [1.29, 1.82) is 0 Å². The zero-order valence-corrected chi connectivity index (χ0v) is 16.2. The Labute approximate surface area is 129 Å². The zero-order valence-electron chi connectivity index (χ0n) is 13.4. The van der Waals surface area contributed by atoms with Crippen molar-refractivity contribution >= 4 is 16.9 Å². The summed E-state index contributed by atoms with van der Waals surface area (Å²) in [6.07, 6.45) is 5.29. The third-order valence-corrected chi connectivity index (χ3v) is 5.17. The Morgan fingerprint density at radius 2 is 2.00 bits per heavy atom. The van der Waals surface area contributed by atoms with Crippen LogP contribution in [0.2, 0.25) is 0 Å². The third kappa shape index (κ3) is 1.44. The van der Waals surface area contributed by atoms with Crippen molar-refractivity contribution in [3.63, 3.8) is 0 Å². The molecule has 3 heterocycles. The summed E-state index contributed by atoms with van der Waals surface area (Å²) in [5.74, 6) is 1.17. The second-order valence-electron chi connectivity index (χ2n) is 6.44. The molecule has 3 aromatic rings. The van der Waals surface area contributed by atoms with E-state index in [1.54, 1.807) is 0 Å². The average Bonchev–Trinajstić information content (AvgIpc) is 3.10. The van der Waals surface area contributed by atoms with E-state index in [1.165, 1.54) is 39.3 Å². The first-order chi connectivity index (χ1) is 10.6. The number of hydrogen-bond donors (Lipinski definition) is 0. The number of hydrogen-bond acceptors (Lipinski definition) is 1. The van der Waals surface area contributed by atoms with Crippen LogP contribution in [0.25, 0.3) is 16.9 Å². The fraction of sp³-hybridized carbons (Fsp3) is 0.263. The van der Waals surface area contributed by atoms with Crippen molar-refractivity contribution in [3.05, 3.63) is 64.1 Å². The van der Waals surface area contributed by atoms with Crippen LogP contribution in [0.4, 0.5) is 0 Å². The molecule has 0 saturated carbocycles. The first-order valence-corrected chi connectivity index (χ1v) is 7.75. The second kappa shape index (κ2) is 4.07. The maximum absolute atomic E-state index is 4.84. The number of pyridine rings is 1. The van der Waals surface area contributed by atoms with Gasteiger partial charge < -0.3 is 4.57 Å². The van der Waals surface area contributed by atoms with Crippen LogP contribution in [0.5, 0.6) is 0 Å². The van der Waals surface area contributed by atoms with Gasteiger partial charge in [0.15, 0.2) is 5.82 Å². The molecular weight excluding hydrogens is 517 g/mol. The van der Waals surface area contributed by atoms with Gasteiger partial charge in [0.1, 0.15) is 5.70 Å². The van der Waals surface area contributed by atoms with Gasteiger partial charge in [0.25, 0.3) is 0 Å². The molecule has 23 heavy (non-hydrogen) atoms. The van der Waals surface area contributed by atoms with Crippen molar-refractivity contribution in [2.45, 2.75) is 26.7 Å². The van der Waals surface area contributed by atoms with Crippen LogP contribution in [0.1, 0.15) is 28.1 Å². The minimum absolute atomic E-state index is 0. The van der Waals surface area contributed by atoms with Crippen LogP contribution in [0, 0.1) is 20.0 Å². The predicted molar refractivity (Wildman–Crippen MR) is 85.4 cm³/mol. The van der Waals surface area contributed by atoms with Crippen LogP contribution < -0.4 is 4.57 Å². The summed E-state index contributed by atoms with van der Waals surface area (Å²) in [7, 11) is 2.05.